The van der Waals surface area contributed by atoms with Crippen LogP contribution >= 0.6 is 0 Å². The lowest BCUT2D eigenvalue weighted by molar-refractivity contribution is 0.546. The Bertz CT molecular complexity index is 391. The Morgan fingerprint density at radius 3 is 2.84 bits per heavy atom. The molecule has 2 heterocycles. The molecule has 0 radical (unpaired) electrons. The van der Waals surface area contributed by atoms with Crippen molar-refractivity contribution in [3.05, 3.63) is 12.4 Å². The lowest BCUT2D eigenvalue weighted by Gasteiger charge is -2.22. The van der Waals surface area contributed by atoms with E-state index in [1.807, 2.05) is 0 Å². The van der Waals surface area contributed by atoms with Gasteiger partial charge < -0.3 is 15.5 Å². The van der Waals surface area contributed by atoms with Crippen LogP contribution in [0, 0.1) is 5.92 Å². The van der Waals surface area contributed by atoms with Gasteiger partial charge in [-0.05, 0) is 39.2 Å². The molecular weight excluding hydrogens is 238 g/mol. The summed E-state index contributed by atoms with van der Waals surface area (Å²) in [6, 6.07) is 2.11. The number of aromatic nitrogens is 2. The van der Waals surface area contributed by atoms with E-state index in [1.54, 1.807) is 6.33 Å². The van der Waals surface area contributed by atoms with Crippen molar-refractivity contribution in [1.29, 1.82) is 0 Å². The van der Waals surface area contributed by atoms with Crippen molar-refractivity contribution < 1.29 is 0 Å². The average Bonchev–Trinajstić information content (AvgIpc) is 2.90. The van der Waals surface area contributed by atoms with Gasteiger partial charge in [-0.2, -0.15) is 0 Å². The molecule has 0 aromatic carbocycles. The number of nitrogens with zero attached hydrogens (tertiary/aromatic N) is 4. The summed E-state index contributed by atoms with van der Waals surface area (Å²) in [5, 5.41) is 0. The molecule has 0 aliphatic carbocycles. The molecule has 19 heavy (non-hydrogen) atoms. The maximum atomic E-state index is 5.64. The van der Waals surface area contributed by atoms with Crippen LogP contribution in [0.3, 0.4) is 0 Å². The summed E-state index contributed by atoms with van der Waals surface area (Å²) in [6.07, 6.45) is 4.02. The summed E-state index contributed by atoms with van der Waals surface area (Å²) in [6.45, 7) is 9.20. The third-order valence-corrected chi connectivity index (χ3v) is 3.91. The molecule has 0 bridgehead atoms. The van der Waals surface area contributed by atoms with Crippen molar-refractivity contribution in [2.75, 3.05) is 42.5 Å². The number of anilines is 2. The van der Waals surface area contributed by atoms with E-state index in [0.717, 1.165) is 56.7 Å². The van der Waals surface area contributed by atoms with Crippen LogP contribution in [0.4, 0.5) is 11.6 Å². The predicted molar refractivity (Wildman–Crippen MR) is 79.6 cm³/mol. The minimum Gasteiger partial charge on any atom is -0.357 e. The number of rotatable bonds is 6. The number of hydrogen-bond donors (Lipinski definition) is 1. The zero-order valence-corrected chi connectivity index (χ0v) is 12.0. The molecule has 5 heteroatoms. The van der Waals surface area contributed by atoms with E-state index in [0.29, 0.717) is 0 Å². The summed E-state index contributed by atoms with van der Waals surface area (Å²) in [7, 11) is 0. The highest BCUT2D eigenvalue weighted by Gasteiger charge is 2.23. The molecule has 0 spiro atoms. The molecule has 1 aromatic heterocycles. The van der Waals surface area contributed by atoms with E-state index in [-0.39, 0.29) is 0 Å². The van der Waals surface area contributed by atoms with E-state index in [9.17, 15) is 0 Å². The van der Waals surface area contributed by atoms with Gasteiger partial charge in [-0.15, -0.1) is 0 Å². The van der Waals surface area contributed by atoms with Crippen LogP contribution in [0.1, 0.15) is 26.7 Å². The van der Waals surface area contributed by atoms with Crippen molar-refractivity contribution >= 4 is 11.6 Å². The first kappa shape index (κ1) is 14.1. The fraction of sp³-hybridized carbons (Fsp3) is 0.714. The van der Waals surface area contributed by atoms with Gasteiger partial charge in [0.05, 0.1) is 0 Å². The molecular formula is C14H25N5. The molecule has 1 atom stereocenters. The van der Waals surface area contributed by atoms with E-state index in [2.05, 4.69) is 39.7 Å². The van der Waals surface area contributed by atoms with Gasteiger partial charge in [-0.1, -0.05) is 0 Å². The van der Waals surface area contributed by atoms with Crippen molar-refractivity contribution in [2.45, 2.75) is 26.7 Å². The molecule has 106 valence electrons. The van der Waals surface area contributed by atoms with Crippen LogP contribution in [-0.4, -0.2) is 42.7 Å². The first-order valence-corrected chi connectivity index (χ1v) is 7.30. The quantitative estimate of drug-likeness (QED) is 0.843. The predicted octanol–water partition coefficient (Wildman–Crippen LogP) is 1.50. The molecule has 1 fully saturated rings. The molecule has 2 rings (SSSR count). The second kappa shape index (κ2) is 6.70. The van der Waals surface area contributed by atoms with Gasteiger partial charge in [0, 0.05) is 32.2 Å². The van der Waals surface area contributed by atoms with Crippen molar-refractivity contribution in [3.63, 3.8) is 0 Å². The Morgan fingerprint density at radius 1 is 1.37 bits per heavy atom. The smallest absolute Gasteiger partial charge is 0.134 e. The van der Waals surface area contributed by atoms with E-state index in [1.165, 1.54) is 6.42 Å². The third-order valence-electron chi connectivity index (χ3n) is 3.91. The van der Waals surface area contributed by atoms with Gasteiger partial charge in [-0.3, -0.25) is 0 Å². The van der Waals surface area contributed by atoms with Gasteiger partial charge in [0.25, 0.3) is 0 Å². The SMILES string of the molecule is CCN(CC)c1cc(N2CCC(CCN)C2)ncn1. The Labute approximate surface area is 115 Å². The van der Waals surface area contributed by atoms with Crippen molar-refractivity contribution in [3.8, 4) is 0 Å². The van der Waals surface area contributed by atoms with E-state index < -0.39 is 0 Å². The summed E-state index contributed by atoms with van der Waals surface area (Å²) < 4.78 is 0. The molecule has 0 saturated carbocycles. The van der Waals surface area contributed by atoms with Crippen LogP contribution in [0.2, 0.25) is 0 Å². The Balaban J connectivity index is 2.07. The Kier molecular flexibility index (Phi) is 4.96. The van der Waals surface area contributed by atoms with Crippen LogP contribution < -0.4 is 15.5 Å². The maximum absolute atomic E-state index is 5.64. The van der Waals surface area contributed by atoms with Crippen LogP contribution in [0.25, 0.3) is 0 Å². The lowest BCUT2D eigenvalue weighted by atomic mass is 10.1. The molecule has 5 nitrogen and oxygen atoms in total. The first-order chi connectivity index (χ1) is 9.28. The van der Waals surface area contributed by atoms with Crippen LogP contribution in [-0.2, 0) is 0 Å². The zero-order valence-electron chi connectivity index (χ0n) is 12.0. The standard InChI is InChI=1S/C14H25N5/c1-3-18(4-2)13-9-14(17-11-16-13)19-8-6-12(10-19)5-7-15/h9,11-12H,3-8,10,15H2,1-2H3. The van der Waals surface area contributed by atoms with Gasteiger partial charge in [0.1, 0.15) is 18.0 Å². The second-order valence-corrected chi connectivity index (χ2v) is 5.08. The highest BCUT2D eigenvalue weighted by atomic mass is 15.2. The van der Waals surface area contributed by atoms with E-state index in [4.69, 9.17) is 5.73 Å². The molecule has 1 saturated heterocycles. The van der Waals surface area contributed by atoms with Crippen LogP contribution in [0.5, 0.6) is 0 Å². The lowest BCUT2D eigenvalue weighted by Crippen LogP contribution is -2.25. The van der Waals surface area contributed by atoms with Gasteiger partial charge >= 0.3 is 0 Å². The highest BCUT2D eigenvalue weighted by Crippen LogP contribution is 2.25. The molecule has 0 amide bonds. The molecule has 2 N–H and O–H groups in total. The monoisotopic (exact) mass is 263 g/mol. The fourth-order valence-electron chi connectivity index (χ4n) is 2.74. The molecule has 1 aromatic rings. The minimum atomic E-state index is 0.719. The maximum Gasteiger partial charge on any atom is 0.134 e. The third kappa shape index (κ3) is 3.35. The largest absolute Gasteiger partial charge is 0.357 e. The van der Waals surface area contributed by atoms with E-state index >= 15 is 0 Å². The van der Waals surface area contributed by atoms with Crippen molar-refractivity contribution in [2.24, 2.45) is 11.7 Å². The normalized spacial score (nSPS) is 18.9. The fourth-order valence-corrected chi connectivity index (χ4v) is 2.74. The highest BCUT2D eigenvalue weighted by molar-refractivity contribution is 5.50. The average molecular weight is 263 g/mol. The van der Waals surface area contributed by atoms with Gasteiger partial charge in [-0.25, -0.2) is 9.97 Å². The van der Waals surface area contributed by atoms with Gasteiger partial charge in [0.2, 0.25) is 0 Å². The first-order valence-electron chi connectivity index (χ1n) is 7.30. The number of hydrogen-bond acceptors (Lipinski definition) is 5. The zero-order chi connectivity index (χ0) is 13.7. The Morgan fingerprint density at radius 2 is 2.16 bits per heavy atom. The second-order valence-electron chi connectivity index (χ2n) is 5.08. The van der Waals surface area contributed by atoms with Crippen molar-refractivity contribution in [1.82, 2.24) is 9.97 Å². The molecule has 1 aliphatic rings. The van der Waals surface area contributed by atoms with Gasteiger partial charge in [0.15, 0.2) is 0 Å². The molecule has 1 unspecified atom stereocenters. The topological polar surface area (TPSA) is 58.3 Å². The summed E-state index contributed by atoms with van der Waals surface area (Å²) >= 11 is 0. The summed E-state index contributed by atoms with van der Waals surface area (Å²) in [5.41, 5.74) is 5.64. The Hall–Kier alpha value is -1.36. The summed E-state index contributed by atoms with van der Waals surface area (Å²) in [5.74, 6) is 2.80. The van der Waals surface area contributed by atoms with Crippen LogP contribution in [0.15, 0.2) is 12.4 Å². The molecule has 1 aliphatic heterocycles. The number of nitrogens with two attached hydrogens (primary N) is 1. The minimum absolute atomic E-state index is 0.719. The summed E-state index contributed by atoms with van der Waals surface area (Å²) in [4.78, 5) is 13.4.